The Morgan fingerprint density at radius 2 is 1.25 bits per heavy atom. The summed E-state index contributed by atoms with van der Waals surface area (Å²) in [6.45, 7) is 1.28. The molecule has 6 heteroatoms. The second-order valence-corrected chi connectivity index (χ2v) is 4.26. The van der Waals surface area contributed by atoms with Gasteiger partial charge in [-0.3, -0.25) is 0 Å². The van der Waals surface area contributed by atoms with Gasteiger partial charge in [-0.2, -0.15) is 0 Å². The molecule has 0 fully saturated rings. The molecule has 0 rings (SSSR count). The smallest absolute Gasteiger partial charge is 0.107 e. The fourth-order valence-electron chi connectivity index (χ4n) is 0. The Labute approximate surface area is 64.4 Å². The number of rotatable bonds is 1. The third-order valence-electron chi connectivity index (χ3n) is 0.566. The van der Waals surface area contributed by atoms with Crippen molar-refractivity contribution in [1.82, 2.24) is 0 Å². The van der Waals surface area contributed by atoms with Gasteiger partial charge in [0.15, 0.2) is 0 Å². The summed E-state index contributed by atoms with van der Waals surface area (Å²) in [5.74, 6) is 0. The van der Waals surface area contributed by atoms with Gasteiger partial charge in [0.05, 0.1) is 0 Å². The molecular weight excluding hydrogens is 246 g/mol. The van der Waals surface area contributed by atoms with Crippen molar-refractivity contribution < 1.29 is 19.6 Å². The van der Waals surface area contributed by atoms with Crippen molar-refractivity contribution in [3.8, 4) is 0 Å². The molecule has 0 bridgehead atoms. The molecule has 0 aliphatic rings. The molecule has 0 aromatic carbocycles. The van der Waals surface area contributed by atoms with Crippen molar-refractivity contribution in [3.05, 3.63) is 0 Å². The Bertz CT molecular complexity index is 66.6. The van der Waals surface area contributed by atoms with Crippen LogP contribution in [-0.2, 0) is 0 Å². The maximum Gasteiger partial charge on any atom is -0.107 e. The molecule has 4 nitrogen and oxygen atoms in total. The summed E-state index contributed by atoms with van der Waals surface area (Å²) in [5.41, 5.74) is 0. The van der Waals surface area contributed by atoms with Gasteiger partial charge in [-0.1, -0.05) is 0 Å². The molecule has 0 radical (unpaired) electrons. The molecule has 0 saturated carbocycles. The van der Waals surface area contributed by atoms with Crippen LogP contribution in [0.5, 0.6) is 0 Å². The van der Waals surface area contributed by atoms with Crippen molar-refractivity contribution in [2.24, 2.45) is 0 Å². The first kappa shape index (κ1) is 11.8. The molecule has 0 aromatic rings. The standard InChI is InChI=1S/C2H9O4P.HI/c1-2-7(3,4,5)6;/h3-6H,2H2,1H3;1H. The van der Waals surface area contributed by atoms with Crippen molar-refractivity contribution in [3.63, 3.8) is 0 Å². The van der Waals surface area contributed by atoms with E-state index in [0.29, 0.717) is 0 Å². The Kier molecular flexibility index (Phi) is 4.00. The quantitative estimate of drug-likeness (QED) is 0.387. The van der Waals surface area contributed by atoms with Crippen LogP contribution in [0.1, 0.15) is 6.92 Å². The average molecular weight is 256 g/mol. The van der Waals surface area contributed by atoms with Gasteiger partial charge in [-0.25, -0.2) is 0 Å². The molecule has 54 valence electrons. The van der Waals surface area contributed by atoms with Gasteiger partial charge >= 0.3 is 40.2 Å². The van der Waals surface area contributed by atoms with E-state index in [2.05, 4.69) is 0 Å². The maximum atomic E-state index is 8.09. The van der Waals surface area contributed by atoms with Crippen molar-refractivity contribution in [2.75, 3.05) is 6.16 Å². The molecule has 8 heavy (non-hydrogen) atoms. The predicted molar refractivity (Wildman–Crippen MR) is 41.8 cm³/mol. The van der Waals surface area contributed by atoms with E-state index in [0.717, 1.165) is 0 Å². The minimum absolute atomic E-state index is 0. The summed E-state index contributed by atoms with van der Waals surface area (Å²) in [6.07, 6.45) is -0.411. The minimum Gasteiger partial charge on any atom is -0.107 e. The molecule has 0 aliphatic heterocycles. The van der Waals surface area contributed by atoms with E-state index in [4.69, 9.17) is 19.6 Å². The topological polar surface area (TPSA) is 80.9 Å². The van der Waals surface area contributed by atoms with Crippen molar-refractivity contribution >= 4 is 31.5 Å². The van der Waals surface area contributed by atoms with Gasteiger partial charge < -0.3 is 0 Å². The molecular formula is C2H10IO4P. The molecule has 4 N–H and O–H groups in total. The van der Waals surface area contributed by atoms with Gasteiger partial charge in [-0.15, -0.1) is 24.0 Å². The molecule has 0 saturated heterocycles. The van der Waals surface area contributed by atoms with E-state index < -0.39 is 13.7 Å². The number of hydrogen-bond donors (Lipinski definition) is 4. The van der Waals surface area contributed by atoms with E-state index in [1.807, 2.05) is 0 Å². The molecule has 0 unspecified atom stereocenters. The first-order valence-corrected chi connectivity index (χ1v) is 4.06. The summed E-state index contributed by atoms with van der Waals surface area (Å²) < 4.78 is 0. The largest absolute Gasteiger partial charge is 0.107 e. The zero-order valence-electron chi connectivity index (χ0n) is 4.35. The fourth-order valence-corrected chi connectivity index (χ4v) is 0. The van der Waals surface area contributed by atoms with Crippen molar-refractivity contribution in [1.29, 1.82) is 0 Å². The SMILES string of the molecule is CCP(O)(O)(O)O.I. The van der Waals surface area contributed by atoms with Crippen LogP contribution in [0.15, 0.2) is 0 Å². The summed E-state index contributed by atoms with van der Waals surface area (Å²) in [7, 11) is -5.08. The maximum absolute atomic E-state index is 8.09. The van der Waals surface area contributed by atoms with Crippen LogP contribution in [0.4, 0.5) is 0 Å². The van der Waals surface area contributed by atoms with Crippen LogP contribution < -0.4 is 0 Å². The number of halogens is 1. The first-order valence-electron chi connectivity index (χ1n) is 1.82. The molecule has 0 aromatic heterocycles. The fraction of sp³-hybridized carbons (Fsp3) is 1.00. The second kappa shape index (κ2) is 2.72. The normalized spacial score (nSPS) is 15.9. The van der Waals surface area contributed by atoms with Crippen LogP contribution in [0.3, 0.4) is 0 Å². The Morgan fingerprint density at radius 1 is 1.12 bits per heavy atom. The number of hydrogen-bond acceptors (Lipinski definition) is 4. The van der Waals surface area contributed by atoms with E-state index in [1.54, 1.807) is 0 Å². The van der Waals surface area contributed by atoms with E-state index in [1.165, 1.54) is 6.92 Å². The minimum atomic E-state index is -5.08. The summed E-state index contributed by atoms with van der Waals surface area (Å²) in [6, 6.07) is 0. The molecule has 0 amide bonds. The van der Waals surface area contributed by atoms with Crippen LogP contribution in [0.2, 0.25) is 0 Å². The summed E-state index contributed by atoms with van der Waals surface area (Å²) in [4.78, 5) is 32.4. The van der Waals surface area contributed by atoms with Crippen LogP contribution in [0.25, 0.3) is 0 Å². The first-order chi connectivity index (χ1) is 2.81. The van der Waals surface area contributed by atoms with Gasteiger partial charge in [0.25, 0.3) is 0 Å². The summed E-state index contributed by atoms with van der Waals surface area (Å²) >= 11 is 0. The van der Waals surface area contributed by atoms with Crippen LogP contribution in [-0.4, -0.2) is 25.7 Å². The van der Waals surface area contributed by atoms with Crippen LogP contribution in [0, 0.1) is 0 Å². The second-order valence-electron chi connectivity index (χ2n) is 1.42. The Balaban J connectivity index is 0. The molecule has 0 aliphatic carbocycles. The summed E-state index contributed by atoms with van der Waals surface area (Å²) in [5, 5.41) is 0. The zero-order chi connectivity index (χ0) is 6.15. The Morgan fingerprint density at radius 3 is 1.25 bits per heavy atom. The van der Waals surface area contributed by atoms with Crippen LogP contribution >= 0.6 is 31.5 Å². The molecule has 0 atom stereocenters. The van der Waals surface area contributed by atoms with Gasteiger partial charge in [0.2, 0.25) is 0 Å². The van der Waals surface area contributed by atoms with E-state index >= 15 is 0 Å². The van der Waals surface area contributed by atoms with E-state index in [-0.39, 0.29) is 24.0 Å². The third-order valence-corrected chi connectivity index (χ3v) is 1.70. The zero-order valence-corrected chi connectivity index (χ0v) is 7.58. The van der Waals surface area contributed by atoms with Gasteiger partial charge in [0.1, 0.15) is 0 Å². The van der Waals surface area contributed by atoms with E-state index in [9.17, 15) is 0 Å². The van der Waals surface area contributed by atoms with Crippen molar-refractivity contribution in [2.45, 2.75) is 6.92 Å². The third kappa shape index (κ3) is 10.1. The van der Waals surface area contributed by atoms with Gasteiger partial charge in [0, 0.05) is 0 Å². The molecule has 0 spiro atoms. The average Bonchev–Trinajstić information content (AvgIpc) is 1.32. The molecule has 0 heterocycles. The predicted octanol–water partition coefficient (Wildman–Crippen LogP) is -0.193. The Hall–Kier alpha value is 1.00. The monoisotopic (exact) mass is 256 g/mol. The van der Waals surface area contributed by atoms with Gasteiger partial charge in [-0.05, 0) is 0 Å².